The standard InChI is InChI=1S/C18H27N5O4/c1-13-19-20-15(27-13)12-21(2)18(26)14-6-7-17(25)23(11-14)10-4-9-22-8-3-5-16(22)24/h14H,3-12H2,1-2H3. The summed E-state index contributed by atoms with van der Waals surface area (Å²) in [6.07, 6.45) is 3.24. The van der Waals surface area contributed by atoms with Crippen LogP contribution in [0.15, 0.2) is 4.42 Å². The second-order valence-electron chi connectivity index (χ2n) is 7.32. The normalized spacial score (nSPS) is 20.4. The highest BCUT2D eigenvalue weighted by atomic mass is 16.4. The van der Waals surface area contributed by atoms with Gasteiger partial charge >= 0.3 is 0 Å². The van der Waals surface area contributed by atoms with Crippen molar-refractivity contribution in [1.29, 1.82) is 0 Å². The van der Waals surface area contributed by atoms with Gasteiger partial charge in [-0.1, -0.05) is 0 Å². The zero-order valence-electron chi connectivity index (χ0n) is 16.0. The van der Waals surface area contributed by atoms with E-state index in [-0.39, 0.29) is 30.2 Å². The van der Waals surface area contributed by atoms with Gasteiger partial charge in [-0.05, 0) is 19.3 Å². The second-order valence-corrected chi connectivity index (χ2v) is 7.32. The molecule has 1 unspecified atom stereocenters. The monoisotopic (exact) mass is 377 g/mol. The lowest BCUT2D eigenvalue weighted by atomic mass is 9.96. The summed E-state index contributed by atoms with van der Waals surface area (Å²) in [4.78, 5) is 41.8. The average Bonchev–Trinajstić information content (AvgIpc) is 3.24. The molecule has 0 radical (unpaired) electrons. The molecule has 3 heterocycles. The highest BCUT2D eigenvalue weighted by Crippen LogP contribution is 2.21. The van der Waals surface area contributed by atoms with Crippen molar-refractivity contribution in [2.75, 3.05) is 33.2 Å². The number of hydrogen-bond acceptors (Lipinski definition) is 6. The van der Waals surface area contributed by atoms with Crippen molar-refractivity contribution in [2.24, 2.45) is 5.92 Å². The van der Waals surface area contributed by atoms with Gasteiger partial charge in [-0.15, -0.1) is 10.2 Å². The molecule has 2 aliphatic heterocycles. The van der Waals surface area contributed by atoms with Gasteiger partial charge in [0.2, 0.25) is 29.5 Å². The molecular weight excluding hydrogens is 350 g/mol. The SMILES string of the molecule is Cc1nnc(CN(C)C(=O)C2CCC(=O)N(CCCN3CCCC3=O)C2)o1. The molecule has 0 bridgehead atoms. The van der Waals surface area contributed by atoms with Crippen molar-refractivity contribution in [1.82, 2.24) is 24.9 Å². The van der Waals surface area contributed by atoms with Crippen LogP contribution >= 0.6 is 0 Å². The van der Waals surface area contributed by atoms with E-state index in [4.69, 9.17) is 4.42 Å². The largest absolute Gasteiger partial charge is 0.424 e. The summed E-state index contributed by atoms with van der Waals surface area (Å²) in [7, 11) is 1.71. The number of rotatable bonds is 7. The van der Waals surface area contributed by atoms with Crippen LogP contribution in [0.25, 0.3) is 0 Å². The molecule has 2 fully saturated rings. The molecule has 0 saturated carbocycles. The number of likely N-dealkylation sites (tertiary alicyclic amines) is 2. The molecule has 1 aromatic heterocycles. The number of aromatic nitrogens is 2. The number of aryl methyl sites for hydroxylation is 1. The summed E-state index contributed by atoms with van der Waals surface area (Å²) in [6, 6.07) is 0. The highest BCUT2D eigenvalue weighted by molar-refractivity contribution is 5.83. The number of hydrogen-bond donors (Lipinski definition) is 0. The molecule has 3 rings (SSSR count). The number of carbonyl (C=O) groups is 3. The average molecular weight is 377 g/mol. The van der Waals surface area contributed by atoms with Crippen LogP contribution in [0.4, 0.5) is 0 Å². The molecule has 2 saturated heterocycles. The van der Waals surface area contributed by atoms with Gasteiger partial charge < -0.3 is 19.1 Å². The molecule has 9 heteroatoms. The third kappa shape index (κ3) is 4.84. The van der Waals surface area contributed by atoms with E-state index in [9.17, 15) is 14.4 Å². The van der Waals surface area contributed by atoms with Crippen molar-refractivity contribution < 1.29 is 18.8 Å². The highest BCUT2D eigenvalue weighted by Gasteiger charge is 2.32. The Labute approximate surface area is 158 Å². The van der Waals surface area contributed by atoms with Gasteiger partial charge in [-0.2, -0.15) is 0 Å². The molecule has 0 spiro atoms. The summed E-state index contributed by atoms with van der Waals surface area (Å²) in [5.74, 6) is 0.926. The zero-order chi connectivity index (χ0) is 19.4. The van der Waals surface area contributed by atoms with E-state index >= 15 is 0 Å². The van der Waals surface area contributed by atoms with Crippen molar-refractivity contribution in [2.45, 2.75) is 45.6 Å². The minimum Gasteiger partial charge on any atom is -0.424 e. The minimum absolute atomic E-state index is 0.0157. The Hall–Kier alpha value is -2.45. The van der Waals surface area contributed by atoms with Gasteiger partial charge in [0.25, 0.3) is 0 Å². The maximum Gasteiger partial charge on any atom is 0.235 e. The first-order chi connectivity index (χ1) is 12.9. The van der Waals surface area contributed by atoms with Crippen LogP contribution in [0.2, 0.25) is 0 Å². The second kappa shape index (κ2) is 8.49. The summed E-state index contributed by atoms with van der Waals surface area (Å²) >= 11 is 0. The predicted molar refractivity (Wildman–Crippen MR) is 95.2 cm³/mol. The van der Waals surface area contributed by atoms with Crippen LogP contribution in [0.3, 0.4) is 0 Å². The summed E-state index contributed by atoms with van der Waals surface area (Å²) in [5.41, 5.74) is 0. The molecule has 0 aliphatic carbocycles. The fourth-order valence-corrected chi connectivity index (χ4v) is 3.72. The summed E-state index contributed by atoms with van der Waals surface area (Å²) in [5, 5.41) is 7.69. The van der Waals surface area contributed by atoms with Crippen LogP contribution in [-0.2, 0) is 20.9 Å². The third-order valence-electron chi connectivity index (χ3n) is 5.19. The van der Waals surface area contributed by atoms with Crippen LogP contribution < -0.4 is 0 Å². The van der Waals surface area contributed by atoms with Gasteiger partial charge in [-0.3, -0.25) is 14.4 Å². The Balaban J connectivity index is 1.48. The maximum atomic E-state index is 12.7. The summed E-state index contributed by atoms with van der Waals surface area (Å²) < 4.78 is 5.33. The van der Waals surface area contributed by atoms with Crippen molar-refractivity contribution in [3.63, 3.8) is 0 Å². The Morgan fingerprint density at radius 1 is 1.19 bits per heavy atom. The molecule has 2 aliphatic rings. The quantitative estimate of drug-likeness (QED) is 0.689. The smallest absolute Gasteiger partial charge is 0.235 e. The molecule has 148 valence electrons. The Morgan fingerprint density at radius 3 is 2.59 bits per heavy atom. The van der Waals surface area contributed by atoms with E-state index in [2.05, 4.69) is 10.2 Å². The van der Waals surface area contributed by atoms with Gasteiger partial charge in [0.05, 0.1) is 12.5 Å². The number of amides is 3. The molecule has 27 heavy (non-hydrogen) atoms. The molecule has 0 N–H and O–H groups in total. The molecule has 0 aromatic carbocycles. The molecule has 3 amide bonds. The Kier molecular flexibility index (Phi) is 6.08. The topological polar surface area (TPSA) is 99.9 Å². The van der Waals surface area contributed by atoms with E-state index < -0.39 is 0 Å². The van der Waals surface area contributed by atoms with Gasteiger partial charge in [0.15, 0.2) is 0 Å². The van der Waals surface area contributed by atoms with Crippen LogP contribution in [0.5, 0.6) is 0 Å². The van der Waals surface area contributed by atoms with E-state index in [1.54, 1.807) is 23.8 Å². The Bertz CT molecular complexity index is 704. The number of piperidine rings is 1. The van der Waals surface area contributed by atoms with Gasteiger partial charge in [0, 0.05) is 53.0 Å². The number of nitrogens with zero attached hydrogens (tertiary/aromatic N) is 5. The van der Waals surface area contributed by atoms with Crippen LogP contribution in [0.1, 0.15) is 43.9 Å². The first-order valence-electron chi connectivity index (χ1n) is 9.53. The first-order valence-corrected chi connectivity index (χ1v) is 9.53. The lowest BCUT2D eigenvalue weighted by molar-refractivity contribution is -0.142. The number of carbonyl (C=O) groups excluding carboxylic acids is 3. The molecule has 9 nitrogen and oxygen atoms in total. The van der Waals surface area contributed by atoms with Gasteiger partial charge in [0.1, 0.15) is 0 Å². The fourth-order valence-electron chi connectivity index (χ4n) is 3.72. The van der Waals surface area contributed by atoms with Crippen LogP contribution in [0, 0.1) is 12.8 Å². The van der Waals surface area contributed by atoms with E-state index in [0.29, 0.717) is 50.7 Å². The molecule has 1 atom stereocenters. The van der Waals surface area contributed by atoms with E-state index in [0.717, 1.165) is 19.4 Å². The van der Waals surface area contributed by atoms with E-state index in [1.807, 2.05) is 4.90 Å². The van der Waals surface area contributed by atoms with E-state index in [1.165, 1.54) is 0 Å². The maximum absolute atomic E-state index is 12.7. The van der Waals surface area contributed by atoms with Gasteiger partial charge in [-0.25, -0.2) is 0 Å². The molecular formula is C18H27N5O4. The molecule has 1 aromatic rings. The first kappa shape index (κ1) is 19.3. The predicted octanol–water partition coefficient (Wildman–Crippen LogP) is 0.588. The minimum atomic E-state index is -0.217. The van der Waals surface area contributed by atoms with Crippen molar-refractivity contribution in [3.05, 3.63) is 11.8 Å². The third-order valence-corrected chi connectivity index (χ3v) is 5.19. The summed E-state index contributed by atoms with van der Waals surface area (Å²) in [6.45, 7) is 4.48. The van der Waals surface area contributed by atoms with Crippen molar-refractivity contribution in [3.8, 4) is 0 Å². The zero-order valence-corrected chi connectivity index (χ0v) is 16.0. The van der Waals surface area contributed by atoms with Crippen molar-refractivity contribution >= 4 is 17.7 Å². The van der Waals surface area contributed by atoms with Crippen LogP contribution in [-0.4, -0.2) is 75.8 Å². The fraction of sp³-hybridized carbons (Fsp3) is 0.722. The lowest BCUT2D eigenvalue weighted by Crippen LogP contribution is -2.46. The Morgan fingerprint density at radius 2 is 1.93 bits per heavy atom. The lowest BCUT2D eigenvalue weighted by Gasteiger charge is -2.34.